The van der Waals surface area contributed by atoms with Gasteiger partial charge in [-0.1, -0.05) is 36.4 Å². The number of thiophene rings is 1. The highest BCUT2D eigenvalue weighted by Crippen LogP contribution is 2.35. The van der Waals surface area contributed by atoms with Crippen LogP contribution < -0.4 is 5.32 Å². The topological polar surface area (TPSA) is 38.3 Å². The van der Waals surface area contributed by atoms with Crippen LogP contribution in [0.15, 0.2) is 53.9 Å². The third-order valence-electron chi connectivity index (χ3n) is 3.93. The summed E-state index contributed by atoms with van der Waals surface area (Å²) in [5.41, 5.74) is 0.736. The Morgan fingerprint density at radius 2 is 1.91 bits per heavy atom. The van der Waals surface area contributed by atoms with E-state index in [2.05, 4.69) is 16.8 Å². The number of benzene rings is 1. The molecule has 0 atom stereocenters. The Morgan fingerprint density at radius 1 is 1.14 bits per heavy atom. The minimum Gasteiger partial charge on any atom is -0.381 e. The molecule has 1 aliphatic heterocycles. The van der Waals surface area contributed by atoms with E-state index in [1.165, 1.54) is 4.88 Å². The maximum absolute atomic E-state index is 12.4. The molecule has 1 aromatic heterocycles. The van der Waals surface area contributed by atoms with E-state index in [9.17, 15) is 4.79 Å². The normalized spacial score (nSPS) is 17.5. The fourth-order valence-corrected chi connectivity index (χ4v) is 3.66. The van der Waals surface area contributed by atoms with Gasteiger partial charge in [-0.15, -0.1) is 11.3 Å². The van der Waals surface area contributed by atoms with E-state index >= 15 is 0 Å². The summed E-state index contributed by atoms with van der Waals surface area (Å²) in [6, 6.07) is 14.0. The van der Waals surface area contributed by atoms with Gasteiger partial charge in [-0.25, -0.2) is 0 Å². The fourth-order valence-electron chi connectivity index (χ4n) is 2.72. The minimum absolute atomic E-state index is 0.0563. The van der Waals surface area contributed by atoms with E-state index in [1.54, 1.807) is 17.4 Å². The highest BCUT2D eigenvalue weighted by atomic mass is 32.1. The molecule has 0 aliphatic carbocycles. The second-order valence-corrected chi connectivity index (χ2v) is 6.35. The van der Waals surface area contributed by atoms with E-state index < -0.39 is 0 Å². The molecule has 1 N–H and O–H groups in total. The Hall–Kier alpha value is -1.91. The van der Waals surface area contributed by atoms with E-state index in [0.29, 0.717) is 13.2 Å². The van der Waals surface area contributed by atoms with Gasteiger partial charge in [0.2, 0.25) is 5.91 Å². The molecule has 1 saturated heterocycles. The van der Waals surface area contributed by atoms with Crippen LogP contribution in [0.1, 0.15) is 23.3 Å². The summed E-state index contributed by atoms with van der Waals surface area (Å²) in [5.74, 6) is -0.0563. The van der Waals surface area contributed by atoms with Crippen molar-refractivity contribution >= 4 is 23.3 Å². The van der Waals surface area contributed by atoms with E-state index in [-0.39, 0.29) is 11.4 Å². The number of amides is 1. The monoisotopic (exact) mass is 313 g/mol. The molecule has 0 spiro atoms. The van der Waals surface area contributed by atoms with Crippen molar-refractivity contribution in [2.24, 2.45) is 0 Å². The standard InChI is InChI=1S/C18H19NO2S/c20-17(9-8-15-5-2-1-3-6-15)19-18(10-12-21-13-11-18)16-7-4-14-22-16/h1-9,14H,10-13H2,(H,19,20). The molecule has 2 aromatic rings. The lowest BCUT2D eigenvalue weighted by molar-refractivity contribution is -0.119. The van der Waals surface area contributed by atoms with Gasteiger partial charge in [0.1, 0.15) is 0 Å². The Balaban J connectivity index is 1.73. The molecule has 0 unspecified atom stereocenters. The Kier molecular flexibility index (Phi) is 4.71. The molecule has 1 aliphatic rings. The van der Waals surface area contributed by atoms with Crippen molar-refractivity contribution in [3.63, 3.8) is 0 Å². The van der Waals surface area contributed by atoms with Crippen molar-refractivity contribution in [1.82, 2.24) is 5.32 Å². The first-order valence-corrected chi connectivity index (χ1v) is 8.33. The summed E-state index contributed by atoms with van der Waals surface area (Å²) in [6.45, 7) is 1.36. The average Bonchev–Trinajstić information content (AvgIpc) is 3.10. The van der Waals surface area contributed by atoms with E-state index in [0.717, 1.165) is 18.4 Å². The largest absolute Gasteiger partial charge is 0.381 e. The molecule has 3 rings (SSSR count). The predicted octanol–water partition coefficient (Wildman–Crippen LogP) is 3.58. The molecule has 1 fully saturated rings. The summed E-state index contributed by atoms with van der Waals surface area (Å²) in [5, 5.41) is 5.26. The smallest absolute Gasteiger partial charge is 0.244 e. The molecule has 4 heteroatoms. The number of ether oxygens (including phenoxy) is 1. The lowest BCUT2D eigenvalue weighted by Crippen LogP contribution is -2.48. The number of nitrogens with one attached hydrogen (secondary N) is 1. The molecule has 114 valence electrons. The lowest BCUT2D eigenvalue weighted by Gasteiger charge is -2.37. The van der Waals surface area contributed by atoms with Gasteiger partial charge in [0, 0.05) is 24.2 Å². The number of rotatable bonds is 4. The Morgan fingerprint density at radius 3 is 2.59 bits per heavy atom. The van der Waals surface area contributed by atoms with E-state index in [4.69, 9.17) is 4.74 Å². The number of hydrogen-bond donors (Lipinski definition) is 1. The van der Waals surface area contributed by atoms with Crippen molar-refractivity contribution in [3.8, 4) is 0 Å². The van der Waals surface area contributed by atoms with Crippen LogP contribution in [-0.2, 0) is 15.1 Å². The van der Waals surface area contributed by atoms with Crippen molar-refractivity contribution in [2.45, 2.75) is 18.4 Å². The Labute approximate surface area is 134 Å². The van der Waals surface area contributed by atoms with Gasteiger partial charge in [-0.05, 0) is 35.9 Å². The van der Waals surface area contributed by atoms with Crippen molar-refractivity contribution in [2.75, 3.05) is 13.2 Å². The van der Waals surface area contributed by atoms with E-state index in [1.807, 2.05) is 42.5 Å². The lowest BCUT2D eigenvalue weighted by atomic mass is 9.88. The molecule has 22 heavy (non-hydrogen) atoms. The summed E-state index contributed by atoms with van der Waals surface area (Å²) < 4.78 is 5.47. The van der Waals surface area contributed by atoms with Crippen LogP contribution in [0.4, 0.5) is 0 Å². The third kappa shape index (κ3) is 3.46. The average molecular weight is 313 g/mol. The summed E-state index contributed by atoms with van der Waals surface area (Å²) >= 11 is 1.69. The quantitative estimate of drug-likeness (QED) is 0.876. The van der Waals surface area contributed by atoms with Gasteiger partial charge >= 0.3 is 0 Å². The van der Waals surface area contributed by atoms with Gasteiger partial charge in [-0.2, -0.15) is 0 Å². The zero-order chi connectivity index (χ0) is 15.3. The zero-order valence-corrected chi connectivity index (χ0v) is 13.1. The molecular weight excluding hydrogens is 294 g/mol. The molecule has 0 bridgehead atoms. The van der Waals surface area contributed by atoms with Crippen LogP contribution in [0.25, 0.3) is 6.08 Å². The zero-order valence-electron chi connectivity index (χ0n) is 12.3. The predicted molar refractivity (Wildman–Crippen MR) is 89.7 cm³/mol. The first-order chi connectivity index (χ1) is 10.8. The second-order valence-electron chi connectivity index (χ2n) is 5.41. The number of carbonyl (C=O) groups excluding carboxylic acids is 1. The third-order valence-corrected chi connectivity index (χ3v) is 5.00. The van der Waals surface area contributed by atoms with Gasteiger partial charge in [0.25, 0.3) is 0 Å². The van der Waals surface area contributed by atoms with Crippen LogP contribution in [0.5, 0.6) is 0 Å². The van der Waals surface area contributed by atoms with Crippen molar-refractivity contribution in [1.29, 1.82) is 0 Å². The van der Waals surface area contributed by atoms with Crippen LogP contribution in [-0.4, -0.2) is 19.1 Å². The van der Waals surface area contributed by atoms with Gasteiger partial charge in [0.05, 0.1) is 5.54 Å². The fraction of sp³-hybridized carbons (Fsp3) is 0.278. The highest BCUT2D eigenvalue weighted by Gasteiger charge is 2.36. The van der Waals surface area contributed by atoms with Gasteiger partial charge in [-0.3, -0.25) is 4.79 Å². The summed E-state index contributed by atoms with van der Waals surface area (Å²) in [6.07, 6.45) is 5.09. The van der Waals surface area contributed by atoms with Gasteiger partial charge in [0.15, 0.2) is 0 Å². The maximum Gasteiger partial charge on any atom is 0.244 e. The first kappa shape index (κ1) is 15.0. The minimum atomic E-state index is -0.287. The summed E-state index contributed by atoms with van der Waals surface area (Å²) in [7, 11) is 0. The molecule has 3 nitrogen and oxygen atoms in total. The molecule has 0 saturated carbocycles. The molecule has 1 aromatic carbocycles. The molecule has 0 radical (unpaired) electrons. The molecule has 2 heterocycles. The van der Waals surface area contributed by atoms with Gasteiger partial charge < -0.3 is 10.1 Å². The molecular formula is C18H19NO2S. The molecule has 1 amide bonds. The highest BCUT2D eigenvalue weighted by molar-refractivity contribution is 7.10. The van der Waals surface area contributed by atoms with Crippen molar-refractivity contribution < 1.29 is 9.53 Å². The number of carbonyl (C=O) groups is 1. The summed E-state index contributed by atoms with van der Waals surface area (Å²) in [4.78, 5) is 13.6. The number of hydrogen-bond acceptors (Lipinski definition) is 3. The van der Waals surface area contributed by atoms with Crippen LogP contribution in [0.3, 0.4) is 0 Å². The maximum atomic E-state index is 12.4. The first-order valence-electron chi connectivity index (χ1n) is 7.46. The SMILES string of the molecule is O=C(C=Cc1ccccc1)NC1(c2cccs2)CCOCC1. The second kappa shape index (κ2) is 6.90. The van der Waals surface area contributed by atoms with Crippen LogP contribution in [0, 0.1) is 0 Å². The van der Waals surface area contributed by atoms with Crippen LogP contribution >= 0.6 is 11.3 Å². The van der Waals surface area contributed by atoms with Crippen molar-refractivity contribution in [3.05, 3.63) is 64.4 Å². The van der Waals surface area contributed by atoms with Crippen LogP contribution in [0.2, 0.25) is 0 Å². The Bertz CT molecular complexity index is 628.